The molecule has 0 aliphatic rings. The number of quaternary nitrogens is 1. The summed E-state index contributed by atoms with van der Waals surface area (Å²) in [6.07, 6.45) is 49.0. The Kier molecular flexibility index (Phi) is 41.3. The standard InChI is InChI=1S/C50H94NO8P/c1-6-8-10-12-14-16-18-20-22-23-24-25-26-27-29-31-33-35-37-39-41-43-50(53)59-48(47-58-60(54,55)57-45-44-51(3,4)5)46-56-49(52)42-40-38-36-34-32-30-28-21-19-17-15-13-11-9-7-2/h18,20,23-24,26-27,48H,6-17,19,21-22,25,28-47H2,1-5H3/p+1/b20-18-,24-23-,27-26-. The van der Waals surface area contributed by atoms with Gasteiger partial charge < -0.3 is 18.9 Å². The molecule has 0 bridgehead atoms. The largest absolute Gasteiger partial charge is 0.472 e. The Balaban J connectivity index is 4.30. The van der Waals surface area contributed by atoms with E-state index in [1.165, 1.54) is 116 Å². The SMILES string of the molecule is CCCCCCC/C=C\C/C=C\C/C=C\CCCCCCCCC(=O)OC(COC(=O)CCCCCCCCCCCCCCCCC)COP(=O)(O)OCC[N+](C)(C)C. The van der Waals surface area contributed by atoms with Crippen molar-refractivity contribution < 1.29 is 42.1 Å². The summed E-state index contributed by atoms with van der Waals surface area (Å²) in [5.41, 5.74) is 0. The second-order valence-electron chi connectivity index (χ2n) is 17.9. The van der Waals surface area contributed by atoms with E-state index in [9.17, 15) is 19.0 Å². The van der Waals surface area contributed by atoms with Crippen molar-refractivity contribution in [2.24, 2.45) is 0 Å². The Morgan fingerprint density at radius 2 is 0.900 bits per heavy atom. The number of nitrogens with zero attached hydrogens (tertiary/aromatic N) is 1. The number of likely N-dealkylation sites (N-methyl/N-ethyl adjacent to an activating group) is 1. The molecule has 0 aromatic heterocycles. The van der Waals surface area contributed by atoms with Crippen LogP contribution in [0.4, 0.5) is 0 Å². The van der Waals surface area contributed by atoms with Crippen LogP contribution in [0.25, 0.3) is 0 Å². The van der Waals surface area contributed by atoms with Crippen molar-refractivity contribution in [2.75, 3.05) is 47.5 Å². The minimum absolute atomic E-state index is 0.0297. The molecule has 0 spiro atoms. The maximum absolute atomic E-state index is 12.7. The van der Waals surface area contributed by atoms with E-state index in [4.69, 9.17) is 18.5 Å². The first-order valence-corrected chi connectivity index (χ1v) is 26.2. The number of carbonyl (C=O) groups is 2. The topological polar surface area (TPSA) is 108 Å². The molecule has 0 aliphatic carbocycles. The maximum atomic E-state index is 12.7. The van der Waals surface area contributed by atoms with Gasteiger partial charge in [-0.15, -0.1) is 0 Å². The van der Waals surface area contributed by atoms with Crippen molar-refractivity contribution in [2.45, 2.75) is 225 Å². The third-order valence-electron chi connectivity index (χ3n) is 10.7. The second-order valence-corrected chi connectivity index (χ2v) is 19.3. The van der Waals surface area contributed by atoms with Crippen LogP contribution in [0.15, 0.2) is 36.5 Å². The lowest BCUT2D eigenvalue weighted by atomic mass is 10.0. The molecule has 0 amide bonds. The summed E-state index contributed by atoms with van der Waals surface area (Å²) in [6.45, 7) is 4.42. The van der Waals surface area contributed by atoms with E-state index in [2.05, 4.69) is 50.3 Å². The van der Waals surface area contributed by atoms with Gasteiger partial charge in [-0.25, -0.2) is 4.57 Å². The number of unbranched alkanes of at least 4 members (excludes halogenated alkanes) is 25. The second kappa shape index (κ2) is 42.5. The van der Waals surface area contributed by atoms with Gasteiger partial charge in [0.2, 0.25) is 0 Å². The highest BCUT2D eigenvalue weighted by molar-refractivity contribution is 7.47. The van der Waals surface area contributed by atoms with E-state index in [0.29, 0.717) is 17.4 Å². The number of hydrogen-bond acceptors (Lipinski definition) is 7. The molecule has 0 aromatic rings. The van der Waals surface area contributed by atoms with Gasteiger partial charge in [-0.3, -0.25) is 18.6 Å². The molecule has 1 N–H and O–H groups in total. The smallest absolute Gasteiger partial charge is 0.462 e. The minimum atomic E-state index is -4.38. The third-order valence-corrected chi connectivity index (χ3v) is 11.7. The Hall–Kier alpha value is -1.77. The van der Waals surface area contributed by atoms with Gasteiger partial charge in [0.05, 0.1) is 27.7 Å². The summed E-state index contributed by atoms with van der Waals surface area (Å²) in [5.74, 6) is -0.805. The average molecular weight is 869 g/mol. The quantitative estimate of drug-likeness (QED) is 0.0212. The minimum Gasteiger partial charge on any atom is -0.462 e. The van der Waals surface area contributed by atoms with Crippen LogP contribution in [0.5, 0.6) is 0 Å². The number of carbonyl (C=O) groups excluding carboxylic acids is 2. The van der Waals surface area contributed by atoms with Crippen LogP contribution in [-0.2, 0) is 32.7 Å². The lowest BCUT2D eigenvalue weighted by Crippen LogP contribution is -2.37. The van der Waals surface area contributed by atoms with Crippen LogP contribution < -0.4 is 0 Å². The molecule has 9 nitrogen and oxygen atoms in total. The molecule has 0 heterocycles. The number of allylic oxidation sites excluding steroid dienone is 6. The van der Waals surface area contributed by atoms with E-state index in [0.717, 1.165) is 70.6 Å². The van der Waals surface area contributed by atoms with Crippen LogP contribution in [0.3, 0.4) is 0 Å². The lowest BCUT2D eigenvalue weighted by molar-refractivity contribution is -0.870. The predicted molar refractivity (Wildman–Crippen MR) is 252 cm³/mol. The lowest BCUT2D eigenvalue weighted by Gasteiger charge is -2.24. The Morgan fingerprint density at radius 3 is 1.33 bits per heavy atom. The van der Waals surface area contributed by atoms with Crippen molar-refractivity contribution >= 4 is 19.8 Å². The van der Waals surface area contributed by atoms with E-state index < -0.39 is 26.5 Å². The number of phosphoric acid groups is 1. The molecular formula is C50H95NO8P+. The molecule has 0 radical (unpaired) electrons. The molecule has 352 valence electrons. The Bertz CT molecular complexity index is 1120. The van der Waals surface area contributed by atoms with Gasteiger partial charge in [-0.1, -0.05) is 192 Å². The zero-order valence-corrected chi connectivity index (χ0v) is 40.6. The Labute approximate surface area is 370 Å². The summed E-state index contributed by atoms with van der Waals surface area (Å²) in [7, 11) is 1.47. The molecule has 60 heavy (non-hydrogen) atoms. The van der Waals surface area contributed by atoms with Gasteiger partial charge in [0.25, 0.3) is 0 Å². The van der Waals surface area contributed by atoms with Crippen molar-refractivity contribution in [1.29, 1.82) is 0 Å². The Morgan fingerprint density at radius 1 is 0.517 bits per heavy atom. The monoisotopic (exact) mass is 869 g/mol. The summed E-state index contributed by atoms with van der Waals surface area (Å²) < 4.78 is 34.4. The van der Waals surface area contributed by atoms with E-state index in [1.807, 2.05) is 21.1 Å². The summed E-state index contributed by atoms with van der Waals surface area (Å²) >= 11 is 0. The first-order valence-electron chi connectivity index (χ1n) is 24.7. The van der Waals surface area contributed by atoms with E-state index >= 15 is 0 Å². The predicted octanol–water partition coefficient (Wildman–Crippen LogP) is 14.5. The average Bonchev–Trinajstić information content (AvgIpc) is 3.20. The van der Waals surface area contributed by atoms with Crippen LogP contribution in [0.2, 0.25) is 0 Å². The molecule has 0 saturated heterocycles. The highest BCUT2D eigenvalue weighted by Crippen LogP contribution is 2.43. The normalized spacial score (nSPS) is 13.8. The summed E-state index contributed by atoms with van der Waals surface area (Å²) in [5, 5.41) is 0. The molecule has 10 heteroatoms. The highest BCUT2D eigenvalue weighted by Gasteiger charge is 2.27. The van der Waals surface area contributed by atoms with Crippen LogP contribution in [0.1, 0.15) is 219 Å². The summed E-state index contributed by atoms with van der Waals surface area (Å²) in [4.78, 5) is 35.5. The van der Waals surface area contributed by atoms with Gasteiger partial charge in [-0.2, -0.15) is 0 Å². The number of ether oxygens (including phenoxy) is 2. The summed E-state index contributed by atoms with van der Waals surface area (Å²) in [6, 6.07) is 0. The number of rotatable bonds is 45. The number of phosphoric ester groups is 1. The van der Waals surface area contributed by atoms with Crippen molar-refractivity contribution in [3.05, 3.63) is 36.5 Å². The van der Waals surface area contributed by atoms with Crippen molar-refractivity contribution in [3.63, 3.8) is 0 Å². The fourth-order valence-electron chi connectivity index (χ4n) is 6.79. The molecule has 2 unspecified atom stereocenters. The first-order chi connectivity index (χ1) is 29.0. The molecule has 0 saturated carbocycles. The number of hydrogen-bond donors (Lipinski definition) is 1. The van der Waals surface area contributed by atoms with E-state index in [1.54, 1.807) is 0 Å². The molecule has 0 aromatic carbocycles. The van der Waals surface area contributed by atoms with Gasteiger partial charge in [0.1, 0.15) is 19.8 Å². The zero-order valence-electron chi connectivity index (χ0n) is 39.7. The van der Waals surface area contributed by atoms with Gasteiger partial charge in [0.15, 0.2) is 6.10 Å². The van der Waals surface area contributed by atoms with Crippen LogP contribution >= 0.6 is 7.82 Å². The first kappa shape index (κ1) is 58.2. The van der Waals surface area contributed by atoms with Gasteiger partial charge in [0, 0.05) is 12.8 Å². The fourth-order valence-corrected chi connectivity index (χ4v) is 7.53. The molecule has 0 fully saturated rings. The van der Waals surface area contributed by atoms with Gasteiger partial charge >= 0.3 is 19.8 Å². The van der Waals surface area contributed by atoms with Gasteiger partial charge in [-0.05, 0) is 51.4 Å². The van der Waals surface area contributed by atoms with Crippen LogP contribution in [0, 0.1) is 0 Å². The zero-order chi connectivity index (χ0) is 44.3. The highest BCUT2D eigenvalue weighted by atomic mass is 31.2. The molecular weight excluding hydrogens is 774 g/mol. The number of esters is 2. The van der Waals surface area contributed by atoms with Crippen molar-refractivity contribution in [3.8, 4) is 0 Å². The molecule has 0 aliphatic heterocycles. The van der Waals surface area contributed by atoms with E-state index in [-0.39, 0.29) is 32.0 Å². The fraction of sp³-hybridized carbons (Fsp3) is 0.840. The maximum Gasteiger partial charge on any atom is 0.472 e. The third kappa shape index (κ3) is 45.7. The molecule has 2 atom stereocenters. The van der Waals surface area contributed by atoms with Crippen molar-refractivity contribution in [1.82, 2.24) is 0 Å². The molecule has 0 rings (SSSR count). The van der Waals surface area contributed by atoms with Crippen LogP contribution in [-0.4, -0.2) is 74.9 Å².